The third kappa shape index (κ3) is 15.4. The van der Waals surface area contributed by atoms with Crippen molar-refractivity contribution >= 4 is 0 Å². The average molecular weight is 901 g/mol. The van der Waals surface area contributed by atoms with Crippen molar-refractivity contribution in [2.24, 2.45) is 0 Å². The number of methoxy groups -OCH3 is 3. The van der Waals surface area contributed by atoms with Crippen LogP contribution in [0, 0.1) is 31.0 Å². The molecular formula is C38H56ClCsN2O12+2. The zero-order valence-electron chi connectivity index (χ0n) is 32.7. The number of hydrogen-bond acceptors (Lipinski definition) is 11. The predicted octanol–water partition coefficient (Wildman–Crippen LogP) is -5.74. The third-order valence-corrected chi connectivity index (χ3v) is 9.07. The second-order valence-corrected chi connectivity index (χ2v) is 13.8. The van der Waals surface area contributed by atoms with Crippen LogP contribution in [0.5, 0.6) is 17.2 Å². The Balaban J connectivity index is 0.00000135. The summed E-state index contributed by atoms with van der Waals surface area (Å²) in [7, 11) is 0.337. The van der Waals surface area contributed by atoms with Gasteiger partial charge < -0.3 is 48.4 Å². The molecule has 0 aromatic heterocycles. The van der Waals surface area contributed by atoms with Crippen LogP contribution in [0.1, 0.15) is 27.8 Å². The van der Waals surface area contributed by atoms with Gasteiger partial charge in [-0.15, -0.1) is 10.2 Å². The molecule has 4 N–H and O–H groups in total. The van der Waals surface area contributed by atoms with Crippen molar-refractivity contribution in [3.05, 3.63) is 64.2 Å². The minimum Gasteiger partial charge on any atom is -0.496 e. The Morgan fingerprint density at radius 1 is 0.481 bits per heavy atom. The molecule has 0 atom stereocenters. The Bertz CT molecular complexity index is 1460. The van der Waals surface area contributed by atoms with E-state index >= 15 is 0 Å². The van der Waals surface area contributed by atoms with E-state index in [9.17, 15) is 0 Å². The van der Waals surface area contributed by atoms with Gasteiger partial charge in [-0.05, 0) is 73.9 Å². The van der Waals surface area contributed by atoms with E-state index in [0.29, 0.717) is 52.9 Å². The first-order chi connectivity index (χ1) is 24.9. The molecule has 0 aliphatic carbocycles. The standard InChI is InChI=1S/C38H52N2O7.ClHO4.Cs.H2O/c1-27-19-30-25-39-7-11-44-15-17-46-13-9-40(10-14-47-18-16-45-12-8-39)26-31-20-28(2)22-33(37(31)42-5)35-24-29(3)23-34(38(35)43-6)32(21-27)36(30)41-4;2-1(3,4)5;;/h19-24H,7-18,25-26H2,1-6H3;(H,2,3,4,5);;1H2/q;;+1;/p+1. The number of quaternary nitrogens is 2. The molecule has 8 bridgehead atoms. The van der Waals surface area contributed by atoms with E-state index < -0.39 is 10.2 Å². The molecule has 14 nitrogen and oxygen atoms in total. The first kappa shape index (κ1) is 49.1. The largest absolute Gasteiger partial charge is 1.00 e. The van der Waals surface area contributed by atoms with Crippen LogP contribution in [-0.4, -0.2) is 106 Å². The maximum absolute atomic E-state index is 8.49. The van der Waals surface area contributed by atoms with Crippen LogP contribution in [-0.2, 0) is 32.0 Å². The second kappa shape index (κ2) is 24.7. The van der Waals surface area contributed by atoms with Crippen LogP contribution in [0.2, 0.25) is 0 Å². The van der Waals surface area contributed by atoms with Gasteiger partial charge in [-0.25, -0.2) is 18.6 Å². The van der Waals surface area contributed by atoms with Gasteiger partial charge in [0.15, 0.2) is 0 Å². The molecule has 54 heavy (non-hydrogen) atoms. The zero-order chi connectivity index (χ0) is 37.7. The first-order valence-corrected chi connectivity index (χ1v) is 18.8. The van der Waals surface area contributed by atoms with E-state index in [1.807, 2.05) is 0 Å². The minimum atomic E-state index is -4.94. The Kier molecular flexibility index (Phi) is 22.4. The summed E-state index contributed by atoms with van der Waals surface area (Å²) in [5, 5.41) is 0. The number of ether oxygens (including phenoxy) is 7. The van der Waals surface area contributed by atoms with Gasteiger partial charge in [-0.2, -0.15) is 0 Å². The second-order valence-electron chi connectivity index (χ2n) is 13.1. The molecule has 3 aliphatic rings. The maximum Gasteiger partial charge on any atom is 1.00 e. The van der Waals surface area contributed by atoms with Crippen molar-refractivity contribution in [3.8, 4) is 39.5 Å². The predicted molar refractivity (Wildman–Crippen MR) is 187 cm³/mol. The third-order valence-electron chi connectivity index (χ3n) is 9.07. The van der Waals surface area contributed by atoms with Crippen molar-refractivity contribution in [2.45, 2.75) is 33.9 Å². The smallest absolute Gasteiger partial charge is 0.496 e. The summed E-state index contributed by atoms with van der Waals surface area (Å²) in [5.41, 5.74) is 9.78. The molecule has 0 amide bonds. The molecule has 296 valence electrons. The first-order valence-electron chi connectivity index (χ1n) is 17.6. The van der Waals surface area contributed by atoms with Crippen molar-refractivity contribution < 1.29 is 146 Å². The van der Waals surface area contributed by atoms with E-state index in [1.165, 1.54) is 9.80 Å². The van der Waals surface area contributed by atoms with Crippen LogP contribution >= 0.6 is 0 Å². The number of benzene rings is 3. The molecule has 16 heteroatoms. The molecule has 0 unspecified atom stereocenters. The number of halogens is 1. The molecule has 6 rings (SSSR count). The topological polar surface area (TPSA) is 197 Å². The van der Waals surface area contributed by atoms with Gasteiger partial charge in [0.25, 0.3) is 0 Å². The number of hydrogen-bond donors (Lipinski definition) is 2. The summed E-state index contributed by atoms with van der Waals surface area (Å²) < 4.78 is 77.0. The molecule has 1 fully saturated rings. The summed E-state index contributed by atoms with van der Waals surface area (Å²) in [4.78, 5) is 2.73. The summed E-state index contributed by atoms with van der Waals surface area (Å²) in [5.74, 6) is 2.52. The SMILES string of the molecule is COc1c2cc(C)cc1-c1cc(C)cc(c1OC)-c1cc(C)cc(c1OC)C[NH+]1CCOCCOCC[NH+](CCOCCOCC1)C2.O.[Cs+].[O-][Cl+3]([O-])([O-])[O-]. The van der Waals surface area contributed by atoms with E-state index in [-0.39, 0.29) is 74.4 Å². The van der Waals surface area contributed by atoms with Crippen LogP contribution in [0.3, 0.4) is 0 Å². The molecule has 1 saturated heterocycles. The van der Waals surface area contributed by atoms with Gasteiger partial charge in [0.2, 0.25) is 0 Å². The van der Waals surface area contributed by atoms with E-state index in [2.05, 4.69) is 57.2 Å². The zero-order valence-corrected chi connectivity index (χ0v) is 39.8. The van der Waals surface area contributed by atoms with Gasteiger partial charge in [0.05, 0.1) is 74.2 Å². The van der Waals surface area contributed by atoms with Gasteiger partial charge in [0, 0.05) is 33.4 Å². The molecule has 3 heterocycles. The minimum absolute atomic E-state index is 0. The number of fused-ring (bicyclic) bond motifs is 14. The molecule has 0 radical (unpaired) electrons. The fraction of sp³-hybridized carbons (Fsp3) is 0.526. The van der Waals surface area contributed by atoms with Gasteiger partial charge in [-0.3, -0.25) is 0 Å². The van der Waals surface area contributed by atoms with Crippen molar-refractivity contribution in [1.82, 2.24) is 0 Å². The summed E-state index contributed by atoms with van der Waals surface area (Å²) in [6, 6.07) is 13.3. The Hall–Kier alpha value is -1.04. The number of rotatable bonds is 3. The summed E-state index contributed by atoms with van der Waals surface area (Å²) in [6.07, 6.45) is 0. The maximum atomic E-state index is 8.49. The quantitative estimate of drug-likeness (QED) is 0.254. The Morgan fingerprint density at radius 3 is 1.02 bits per heavy atom. The van der Waals surface area contributed by atoms with Crippen LogP contribution in [0.4, 0.5) is 0 Å². The van der Waals surface area contributed by atoms with E-state index in [1.54, 1.807) is 21.3 Å². The van der Waals surface area contributed by atoms with Crippen molar-refractivity contribution in [1.29, 1.82) is 0 Å². The Morgan fingerprint density at radius 2 is 0.741 bits per heavy atom. The molecule has 0 saturated carbocycles. The van der Waals surface area contributed by atoms with Crippen molar-refractivity contribution in [3.63, 3.8) is 0 Å². The molecular weight excluding hydrogens is 845 g/mol. The van der Waals surface area contributed by atoms with Crippen LogP contribution in [0.15, 0.2) is 36.4 Å². The Labute approximate surface area is 380 Å². The number of nitrogens with one attached hydrogen (secondary N) is 2. The van der Waals surface area contributed by atoms with E-state index in [0.717, 1.165) is 107 Å². The van der Waals surface area contributed by atoms with Crippen molar-refractivity contribution in [2.75, 3.05) is 100 Å². The van der Waals surface area contributed by atoms with Gasteiger partial charge >= 0.3 is 68.9 Å². The van der Waals surface area contributed by atoms with Gasteiger partial charge in [-0.1, -0.05) is 0 Å². The molecule has 3 aromatic carbocycles. The normalized spacial score (nSPS) is 18.8. The molecule has 3 aliphatic heterocycles. The number of aryl methyl sites for hydroxylation is 3. The van der Waals surface area contributed by atoms with Crippen LogP contribution in [0.25, 0.3) is 22.3 Å². The average Bonchev–Trinajstić information content (AvgIpc) is 3.07. The monoisotopic (exact) mass is 900 g/mol. The summed E-state index contributed by atoms with van der Waals surface area (Å²) in [6.45, 7) is 16.2. The van der Waals surface area contributed by atoms with E-state index in [4.69, 9.17) is 51.8 Å². The summed E-state index contributed by atoms with van der Waals surface area (Å²) >= 11 is 0. The molecule has 3 aromatic rings. The van der Waals surface area contributed by atoms with Gasteiger partial charge in [0.1, 0.15) is 56.5 Å². The van der Waals surface area contributed by atoms with Crippen LogP contribution < -0.4 is 112 Å². The molecule has 0 spiro atoms. The fourth-order valence-corrected chi connectivity index (χ4v) is 6.89. The fourth-order valence-electron chi connectivity index (χ4n) is 6.89.